The van der Waals surface area contributed by atoms with Gasteiger partial charge in [0.25, 0.3) is 5.91 Å². The van der Waals surface area contributed by atoms with Gasteiger partial charge in [0, 0.05) is 24.0 Å². The van der Waals surface area contributed by atoms with E-state index in [9.17, 15) is 19.2 Å². The van der Waals surface area contributed by atoms with E-state index >= 15 is 0 Å². The van der Waals surface area contributed by atoms with E-state index in [-0.39, 0.29) is 12.5 Å². The zero-order valence-corrected chi connectivity index (χ0v) is 23.8. The molecule has 0 bridgehead atoms. The third kappa shape index (κ3) is 7.91. The Morgan fingerprint density at radius 1 is 0.846 bits per heavy atom. The van der Waals surface area contributed by atoms with Crippen LogP contribution in [0.2, 0.25) is 10.0 Å². The molecule has 0 saturated heterocycles. The molecule has 3 aromatic carbocycles. The van der Waals surface area contributed by atoms with Gasteiger partial charge in [0.05, 0.1) is 23.0 Å². The summed E-state index contributed by atoms with van der Waals surface area (Å²) in [5.74, 6) is -2.85. The van der Waals surface area contributed by atoms with Gasteiger partial charge < -0.3 is 14.5 Å². The Labute approximate surface area is 238 Å². The van der Waals surface area contributed by atoms with Gasteiger partial charge in [0.1, 0.15) is 5.60 Å². The van der Waals surface area contributed by atoms with Gasteiger partial charge in [0.2, 0.25) is 11.7 Å². The first kappa shape index (κ1) is 29.9. The number of halogens is 2. The number of nitrogens with zero attached hydrogens (tertiary/aromatic N) is 2. The molecule has 3 aromatic rings. The maximum Gasteiger partial charge on any atom is 0.375 e. The molecule has 0 aliphatic carbocycles. The number of carbonyl (C=O) groups is 4. The summed E-state index contributed by atoms with van der Waals surface area (Å²) in [5, 5.41) is 0.674. The van der Waals surface area contributed by atoms with Crippen LogP contribution in [0.25, 0.3) is 0 Å². The molecule has 0 heterocycles. The van der Waals surface area contributed by atoms with Crippen LogP contribution in [0, 0.1) is 0 Å². The molecule has 204 valence electrons. The van der Waals surface area contributed by atoms with Crippen molar-refractivity contribution in [1.82, 2.24) is 0 Å². The zero-order chi connectivity index (χ0) is 28.7. The Morgan fingerprint density at radius 3 is 2.08 bits per heavy atom. The van der Waals surface area contributed by atoms with Gasteiger partial charge in [-0.1, -0.05) is 54.4 Å². The van der Waals surface area contributed by atoms with Crippen LogP contribution in [-0.4, -0.2) is 36.2 Å². The largest absolute Gasteiger partial charge is 0.454 e. The number of carbonyl (C=O) groups excluding carboxylic acids is 4. The highest BCUT2D eigenvalue weighted by Crippen LogP contribution is 2.26. The molecule has 0 aliphatic rings. The number of Topliss-reactive ketones (excluding diaryl/α,β-unsaturated/α-hetero) is 1. The smallest absolute Gasteiger partial charge is 0.375 e. The molecule has 3 rings (SSSR count). The minimum absolute atomic E-state index is 0.0513. The van der Waals surface area contributed by atoms with E-state index < -0.39 is 29.7 Å². The van der Waals surface area contributed by atoms with Crippen molar-refractivity contribution in [2.45, 2.75) is 45.8 Å². The third-order valence-electron chi connectivity index (χ3n) is 6.26. The SMILES string of the molecule is CCC(C)(C)OC(=O)C(=O)CC(=O)N(Cc1ccc(Cl)c(Cl)c1)c1ccc(C(=O)N(C)c2ccccc2)cc1. The van der Waals surface area contributed by atoms with Crippen LogP contribution in [0.3, 0.4) is 0 Å². The van der Waals surface area contributed by atoms with E-state index in [1.54, 1.807) is 63.4 Å². The highest BCUT2D eigenvalue weighted by atomic mass is 35.5. The summed E-state index contributed by atoms with van der Waals surface area (Å²) in [7, 11) is 1.68. The lowest BCUT2D eigenvalue weighted by Crippen LogP contribution is -2.36. The fraction of sp³-hybridized carbons (Fsp3) is 0.267. The summed E-state index contributed by atoms with van der Waals surface area (Å²) < 4.78 is 5.25. The summed E-state index contributed by atoms with van der Waals surface area (Å²) >= 11 is 12.2. The minimum atomic E-state index is -1.06. The van der Waals surface area contributed by atoms with E-state index in [0.717, 1.165) is 5.69 Å². The number of rotatable bonds is 10. The van der Waals surface area contributed by atoms with E-state index in [1.165, 1.54) is 9.80 Å². The maximum absolute atomic E-state index is 13.3. The summed E-state index contributed by atoms with van der Waals surface area (Å²) in [5.41, 5.74) is 1.40. The molecule has 2 amide bonds. The Hall–Kier alpha value is -3.68. The van der Waals surface area contributed by atoms with Gasteiger partial charge in [-0.05, 0) is 74.4 Å². The van der Waals surface area contributed by atoms with E-state index in [2.05, 4.69) is 0 Å². The van der Waals surface area contributed by atoms with Crippen LogP contribution < -0.4 is 9.80 Å². The second kappa shape index (κ2) is 12.9. The van der Waals surface area contributed by atoms with Crippen LogP contribution in [0.15, 0.2) is 72.8 Å². The first-order chi connectivity index (χ1) is 18.4. The fourth-order valence-electron chi connectivity index (χ4n) is 3.58. The first-order valence-corrected chi connectivity index (χ1v) is 13.1. The topological polar surface area (TPSA) is 84.0 Å². The summed E-state index contributed by atoms with van der Waals surface area (Å²) in [4.78, 5) is 54.1. The highest BCUT2D eigenvalue weighted by Gasteiger charge is 2.29. The number of esters is 1. The van der Waals surface area contributed by atoms with Gasteiger partial charge >= 0.3 is 5.97 Å². The predicted octanol–water partition coefficient (Wildman–Crippen LogP) is 6.49. The van der Waals surface area contributed by atoms with Crippen molar-refractivity contribution in [3.63, 3.8) is 0 Å². The van der Waals surface area contributed by atoms with Crippen LogP contribution >= 0.6 is 23.2 Å². The summed E-state index contributed by atoms with van der Waals surface area (Å²) in [6.45, 7) is 5.26. The lowest BCUT2D eigenvalue weighted by atomic mass is 10.1. The average Bonchev–Trinajstić information content (AvgIpc) is 2.93. The molecule has 0 fully saturated rings. The van der Waals surface area contributed by atoms with Crippen molar-refractivity contribution in [3.05, 3.63) is 94.0 Å². The standard InChI is InChI=1S/C30H30Cl2N2O5/c1-5-30(2,3)39-29(38)26(35)18-27(36)34(19-20-11-16-24(31)25(32)17-20)23-14-12-21(13-15-23)28(37)33(4)22-9-7-6-8-10-22/h6-17H,5,18-19H2,1-4H3. The monoisotopic (exact) mass is 568 g/mol. The fourth-order valence-corrected chi connectivity index (χ4v) is 3.90. The van der Waals surface area contributed by atoms with Crippen molar-refractivity contribution in [1.29, 1.82) is 0 Å². The van der Waals surface area contributed by atoms with Crippen LogP contribution in [-0.2, 0) is 25.7 Å². The first-order valence-electron chi connectivity index (χ1n) is 12.4. The molecule has 0 aliphatic heterocycles. The molecule has 0 aromatic heterocycles. The molecule has 9 heteroatoms. The number of amides is 2. The predicted molar refractivity (Wildman–Crippen MR) is 153 cm³/mol. The second-order valence-corrected chi connectivity index (χ2v) is 10.4. The lowest BCUT2D eigenvalue weighted by Gasteiger charge is -2.25. The molecule has 39 heavy (non-hydrogen) atoms. The maximum atomic E-state index is 13.3. The minimum Gasteiger partial charge on any atom is -0.454 e. The quantitative estimate of drug-likeness (QED) is 0.158. The Bertz CT molecular complexity index is 1360. The van der Waals surface area contributed by atoms with Crippen molar-refractivity contribution in [2.24, 2.45) is 0 Å². The average molecular weight is 569 g/mol. The third-order valence-corrected chi connectivity index (χ3v) is 7.00. The summed E-state index contributed by atoms with van der Waals surface area (Å²) in [6.07, 6.45) is -0.175. The van der Waals surface area contributed by atoms with Gasteiger partial charge in [-0.2, -0.15) is 0 Å². The van der Waals surface area contributed by atoms with E-state index in [4.69, 9.17) is 27.9 Å². The molecule has 0 spiro atoms. The molecular formula is C30H30Cl2N2O5. The highest BCUT2D eigenvalue weighted by molar-refractivity contribution is 6.42. The van der Waals surface area contributed by atoms with Crippen molar-refractivity contribution in [2.75, 3.05) is 16.8 Å². The number of ketones is 1. The lowest BCUT2D eigenvalue weighted by molar-refractivity contribution is -0.164. The van der Waals surface area contributed by atoms with E-state index in [1.807, 2.05) is 37.3 Å². The van der Waals surface area contributed by atoms with Crippen LogP contribution in [0.1, 0.15) is 49.5 Å². The van der Waals surface area contributed by atoms with Crippen LogP contribution in [0.4, 0.5) is 11.4 Å². The molecule has 7 nitrogen and oxygen atoms in total. The zero-order valence-electron chi connectivity index (χ0n) is 22.2. The molecule has 0 atom stereocenters. The normalized spacial score (nSPS) is 11.0. The van der Waals surface area contributed by atoms with Crippen molar-refractivity contribution >= 4 is 58.1 Å². The Balaban J connectivity index is 1.85. The molecule has 0 unspecified atom stereocenters. The summed E-state index contributed by atoms with van der Waals surface area (Å²) in [6, 6.07) is 20.6. The molecule has 0 saturated carbocycles. The van der Waals surface area contributed by atoms with Gasteiger partial charge in [0.15, 0.2) is 0 Å². The van der Waals surface area contributed by atoms with Crippen molar-refractivity contribution < 1.29 is 23.9 Å². The van der Waals surface area contributed by atoms with Gasteiger partial charge in [-0.25, -0.2) is 4.79 Å². The number of anilines is 2. The number of hydrogen-bond acceptors (Lipinski definition) is 5. The van der Waals surface area contributed by atoms with Crippen molar-refractivity contribution in [3.8, 4) is 0 Å². The van der Waals surface area contributed by atoms with Gasteiger partial charge in [-0.3, -0.25) is 14.4 Å². The molecular weight excluding hydrogens is 539 g/mol. The number of hydrogen-bond donors (Lipinski definition) is 0. The van der Waals surface area contributed by atoms with Crippen LogP contribution in [0.5, 0.6) is 0 Å². The van der Waals surface area contributed by atoms with E-state index in [0.29, 0.717) is 33.3 Å². The molecule has 0 N–H and O–H groups in total. The number of benzene rings is 3. The molecule has 0 radical (unpaired) electrons. The van der Waals surface area contributed by atoms with Gasteiger partial charge in [-0.15, -0.1) is 0 Å². The Morgan fingerprint density at radius 2 is 1.49 bits per heavy atom. The second-order valence-electron chi connectivity index (χ2n) is 9.58. The number of ether oxygens (including phenoxy) is 1. The Kier molecular flexibility index (Phi) is 9.89. The number of para-hydroxylation sites is 1.